The highest BCUT2D eigenvalue weighted by Crippen LogP contribution is 2.39. The molecule has 3 N–H and O–H groups in total. The van der Waals surface area contributed by atoms with E-state index >= 15 is 0 Å². The number of hydrogen-bond donors (Lipinski definition) is 2. The maximum atomic E-state index is 13.1. The molecule has 2 rings (SSSR count). The summed E-state index contributed by atoms with van der Waals surface area (Å²) in [5, 5.41) is 3.87. The monoisotopic (exact) mass is 491 g/mol. The van der Waals surface area contributed by atoms with Crippen LogP contribution in [0.5, 0.6) is 0 Å². The minimum absolute atomic E-state index is 0.241. The second-order valence-electron chi connectivity index (χ2n) is 7.05. The Morgan fingerprint density at radius 3 is 2.30 bits per heavy atom. The van der Waals surface area contributed by atoms with E-state index < -0.39 is 17.9 Å². The molecule has 1 atom stereocenters. The van der Waals surface area contributed by atoms with Gasteiger partial charge in [0.2, 0.25) is 0 Å². The van der Waals surface area contributed by atoms with Crippen LogP contribution in [0.15, 0.2) is 57.9 Å². The quantitative estimate of drug-likeness (QED) is 0.208. The molecule has 0 spiro atoms. The summed E-state index contributed by atoms with van der Waals surface area (Å²) in [6.45, 7) is 8.48. The van der Waals surface area contributed by atoms with Gasteiger partial charge in [0.05, 0.1) is 36.8 Å². The van der Waals surface area contributed by atoms with Gasteiger partial charge in [-0.3, -0.25) is 4.99 Å². The lowest BCUT2D eigenvalue weighted by atomic mass is 9.80. The minimum atomic E-state index is -0.573. The average molecular weight is 492 g/mol. The van der Waals surface area contributed by atoms with Crippen LogP contribution in [0.2, 0.25) is 0 Å². The van der Waals surface area contributed by atoms with E-state index in [2.05, 4.69) is 10.3 Å². The van der Waals surface area contributed by atoms with Crippen molar-refractivity contribution >= 4 is 40.6 Å². The molecular formula is C24H33N3O4S2. The minimum Gasteiger partial charge on any atom is -0.463 e. The molecule has 1 aromatic rings. The second-order valence-corrected chi connectivity index (χ2v) is 9.44. The van der Waals surface area contributed by atoms with E-state index in [0.717, 1.165) is 22.8 Å². The molecule has 0 radical (unpaired) electrons. The Morgan fingerprint density at radius 2 is 1.70 bits per heavy atom. The van der Waals surface area contributed by atoms with Gasteiger partial charge < -0.3 is 20.5 Å². The normalized spacial score (nSPS) is 16.5. The van der Waals surface area contributed by atoms with Gasteiger partial charge in [-0.2, -0.15) is 11.8 Å². The molecule has 7 nitrogen and oxygen atoms in total. The van der Waals surface area contributed by atoms with Crippen LogP contribution in [-0.2, 0) is 19.1 Å². The third-order valence-corrected chi connectivity index (χ3v) is 6.49. The highest BCUT2D eigenvalue weighted by molar-refractivity contribution is 8.13. The fraction of sp³-hybridized carbons (Fsp3) is 0.458. The zero-order valence-electron chi connectivity index (χ0n) is 19.7. The molecule has 1 heterocycles. The summed E-state index contributed by atoms with van der Waals surface area (Å²) >= 11 is 3.16. The molecule has 9 heteroatoms. The third-order valence-electron chi connectivity index (χ3n) is 4.81. The van der Waals surface area contributed by atoms with Gasteiger partial charge in [0.1, 0.15) is 0 Å². The van der Waals surface area contributed by atoms with Crippen molar-refractivity contribution in [3.05, 3.63) is 58.4 Å². The van der Waals surface area contributed by atoms with E-state index in [9.17, 15) is 9.59 Å². The first-order valence-electron chi connectivity index (χ1n) is 11.0. The molecule has 1 aliphatic rings. The van der Waals surface area contributed by atoms with Crippen molar-refractivity contribution in [1.29, 1.82) is 0 Å². The molecule has 0 saturated heterocycles. The Hall–Kier alpha value is -2.39. The van der Waals surface area contributed by atoms with Gasteiger partial charge in [0.25, 0.3) is 0 Å². The second kappa shape index (κ2) is 14.0. The Morgan fingerprint density at radius 1 is 1.06 bits per heavy atom. The molecule has 0 aliphatic carbocycles. The number of nitrogens with one attached hydrogen (secondary N) is 1. The number of esters is 2. The number of aliphatic imine (C=N–C) groups is 1. The topological polar surface area (TPSA) is 103 Å². The molecule has 0 saturated carbocycles. The molecule has 0 bridgehead atoms. The highest BCUT2D eigenvalue weighted by atomic mass is 32.2. The standard InChI is InChI=1S/C24H33N3O4S2/c1-5-30-22(28)19-16(4)27-18(15-32-14-13-26-24(25)33-7-3)21(23(29)31-6-2)20(19)17-11-9-8-10-12-17/h8-12,20,27H,5-7,13-15H2,1-4H3,(H2,25,26). The first-order valence-corrected chi connectivity index (χ1v) is 13.2. The molecule has 0 amide bonds. The number of amidine groups is 1. The maximum absolute atomic E-state index is 13.1. The van der Waals surface area contributed by atoms with Crippen LogP contribution < -0.4 is 11.1 Å². The van der Waals surface area contributed by atoms with Crippen LogP contribution in [0, 0.1) is 0 Å². The van der Waals surface area contributed by atoms with Crippen molar-refractivity contribution in [3.8, 4) is 0 Å². The SMILES string of the molecule is CCOC(=O)C1=C(C)NC(CSCCN=C(N)SCC)=C(C(=O)OCC)C1c1ccccc1. The molecule has 1 aromatic carbocycles. The fourth-order valence-electron chi connectivity index (χ4n) is 3.51. The van der Waals surface area contributed by atoms with Gasteiger partial charge >= 0.3 is 11.9 Å². The number of hydrogen-bond acceptors (Lipinski definition) is 8. The Kier molecular flexibility index (Phi) is 11.4. The van der Waals surface area contributed by atoms with Crippen LogP contribution >= 0.6 is 23.5 Å². The van der Waals surface area contributed by atoms with Crippen LogP contribution in [0.3, 0.4) is 0 Å². The summed E-state index contributed by atoms with van der Waals surface area (Å²) in [7, 11) is 0. The molecule has 0 fully saturated rings. The number of allylic oxidation sites excluding steroid dienone is 1. The predicted molar refractivity (Wildman–Crippen MR) is 137 cm³/mol. The van der Waals surface area contributed by atoms with E-state index in [0.29, 0.717) is 34.3 Å². The zero-order valence-corrected chi connectivity index (χ0v) is 21.3. The van der Waals surface area contributed by atoms with Gasteiger partial charge in [-0.05, 0) is 32.1 Å². The largest absolute Gasteiger partial charge is 0.463 e. The summed E-state index contributed by atoms with van der Waals surface area (Å²) in [6.07, 6.45) is 0. The van der Waals surface area contributed by atoms with Crippen LogP contribution in [0.4, 0.5) is 0 Å². The molecular weight excluding hydrogens is 458 g/mol. The van der Waals surface area contributed by atoms with Crippen molar-refractivity contribution in [2.75, 3.05) is 37.0 Å². The molecule has 180 valence electrons. The highest BCUT2D eigenvalue weighted by Gasteiger charge is 2.38. The Balaban J connectivity index is 2.39. The zero-order chi connectivity index (χ0) is 24.2. The molecule has 1 aliphatic heterocycles. The smallest absolute Gasteiger partial charge is 0.336 e. The van der Waals surface area contributed by atoms with E-state index in [1.54, 1.807) is 25.6 Å². The van der Waals surface area contributed by atoms with E-state index in [1.165, 1.54) is 11.8 Å². The summed E-state index contributed by atoms with van der Waals surface area (Å²) in [5.41, 5.74) is 8.95. The first-order chi connectivity index (χ1) is 15.9. The van der Waals surface area contributed by atoms with E-state index in [-0.39, 0.29) is 13.2 Å². The Labute approximate surface area is 204 Å². The van der Waals surface area contributed by atoms with Gasteiger partial charge in [0.15, 0.2) is 5.17 Å². The number of nitrogens with two attached hydrogens (primary N) is 1. The van der Waals surface area contributed by atoms with Crippen LogP contribution in [-0.4, -0.2) is 54.1 Å². The van der Waals surface area contributed by atoms with Gasteiger partial charge in [-0.15, -0.1) is 0 Å². The van der Waals surface area contributed by atoms with Crippen molar-refractivity contribution in [2.45, 2.75) is 33.6 Å². The van der Waals surface area contributed by atoms with E-state index in [1.807, 2.05) is 44.2 Å². The predicted octanol–water partition coefficient (Wildman–Crippen LogP) is 3.83. The molecule has 1 unspecified atom stereocenters. The lowest BCUT2D eigenvalue weighted by Gasteiger charge is -2.31. The third kappa shape index (κ3) is 7.57. The number of ether oxygens (including phenoxy) is 2. The molecule has 0 aromatic heterocycles. The van der Waals surface area contributed by atoms with E-state index in [4.69, 9.17) is 15.2 Å². The van der Waals surface area contributed by atoms with Crippen molar-refractivity contribution in [1.82, 2.24) is 5.32 Å². The number of dihydropyridines is 1. The summed E-state index contributed by atoms with van der Waals surface area (Å²) in [4.78, 5) is 30.4. The number of benzene rings is 1. The van der Waals surface area contributed by atoms with Crippen molar-refractivity contribution in [3.63, 3.8) is 0 Å². The lowest BCUT2D eigenvalue weighted by Crippen LogP contribution is -2.34. The summed E-state index contributed by atoms with van der Waals surface area (Å²) in [6, 6.07) is 9.51. The van der Waals surface area contributed by atoms with Crippen molar-refractivity contribution < 1.29 is 19.1 Å². The summed E-state index contributed by atoms with van der Waals surface area (Å²) in [5.74, 6) is 0.721. The number of carbonyl (C=O) groups is 2. The number of rotatable bonds is 11. The fourth-order valence-corrected chi connectivity index (χ4v) is 4.78. The molecule has 33 heavy (non-hydrogen) atoms. The summed E-state index contributed by atoms with van der Waals surface area (Å²) < 4.78 is 10.7. The van der Waals surface area contributed by atoms with Crippen LogP contribution in [0.25, 0.3) is 0 Å². The maximum Gasteiger partial charge on any atom is 0.336 e. The average Bonchev–Trinajstić information content (AvgIpc) is 2.79. The van der Waals surface area contributed by atoms with Crippen LogP contribution in [0.1, 0.15) is 39.2 Å². The number of carbonyl (C=O) groups excluding carboxylic acids is 2. The van der Waals surface area contributed by atoms with Gasteiger partial charge in [-0.25, -0.2) is 9.59 Å². The lowest BCUT2D eigenvalue weighted by molar-refractivity contribution is -0.139. The Bertz CT molecular complexity index is 914. The number of thioether (sulfide) groups is 2. The first kappa shape index (κ1) is 26.9. The van der Waals surface area contributed by atoms with Gasteiger partial charge in [-0.1, -0.05) is 49.0 Å². The van der Waals surface area contributed by atoms with Crippen molar-refractivity contribution in [2.24, 2.45) is 10.7 Å². The number of nitrogens with zero attached hydrogens (tertiary/aromatic N) is 1. The van der Waals surface area contributed by atoms with Gasteiger partial charge in [0, 0.05) is 22.9 Å².